The van der Waals surface area contributed by atoms with Crippen LogP contribution in [0.5, 0.6) is 0 Å². The van der Waals surface area contributed by atoms with Crippen LogP contribution in [0.4, 0.5) is 0 Å². The molecule has 0 aromatic heterocycles. The van der Waals surface area contributed by atoms with Gasteiger partial charge in [-0.3, -0.25) is 9.59 Å². The molecule has 0 saturated carbocycles. The molecule has 2 N–H and O–H groups in total. The maximum absolute atomic E-state index is 12.7. The van der Waals surface area contributed by atoms with Crippen LogP contribution in [0.2, 0.25) is 0 Å². The van der Waals surface area contributed by atoms with E-state index >= 15 is 0 Å². The molecule has 1 aliphatic heterocycles. The van der Waals surface area contributed by atoms with E-state index < -0.39 is 22.0 Å². The fourth-order valence-corrected chi connectivity index (χ4v) is 4.25. The number of carbonyl (C=O) groups excluding carboxylic acids is 2. The summed E-state index contributed by atoms with van der Waals surface area (Å²) in [6.45, 7) is 4.78. The Kier molecular flexibility index (Phi) is 8.18. The van der Waals surface area contributed by atoms with E-state index in [1.165, 1.54) is 29.2 Å². The summed E-state index contributed by atoms with van der Waals surface area (Å²) in [6, 6.07) is 5.13. The molecule has 1 heterocycles. The first kappa shape index (κ1) is 23.3. The number of amides is 2. The smallest absolute Gasteiger partial charge is 0.251 e. The molecule has 29 heavy (non-hydrogen) atoms. The summed E-state index contributed by atoms with van der Waals surface area (Å²) >= 11 is 0. The zero-order valence-electron chi connectivity index (χ0n) is 17.5. The van der Waals surface area contributed by atoms with Crippen molar-refractivity contribution < 1.29 is 22.7 Å². The third kappa shape index (κ3) is 6.80. The van der Waals surface area contributed by atoms with E-state index in [1.54, 1.807) is 14.1 Å². The molecule has 0 unspecified atom stereocenters. The molecule has 8 nitrogen and oxygen atoms in total. The molecule has 1 aliphatic rings. The van der Waals surface area contributed by atoms with Crippen LogP contribution in [0.15, 0.2) is 29.2 Å². The van der Waals surface area contributed by atoms with Gasteiger partial charge in [0, 0.05) is 32.8 Å². The van der Waals surface area contributed by atoms with Gasteiger partial charge in [-0.05, 0) is 43.4 Å². The van der Waals surface area contributed by atoms with Gasteiger partial charge in [0.25, 0.3) is 5.91 Å². The molecule has 9 heteroatoms. The molecule has 2 rings (SSSR count). The number of nitrogens with zero attached hydrogens (tertiary/aromatic N) is 1. The molecule has 0 aliphatic carbocycles. The van der Waals surface area contributed by atoms with Crippen molar-refractivity contribution in [2.75, 3.05) is 27.2 Å². The number of sulfonamides is 1. The standard InChI is InChI=1S/C20H31N3O5S/c1-14(2)11-18(20(25)23(3)4)22-19(24)15-7-5-9-17(12-15)29(26,27)21-13-16-8-6-10-28-16/h5,7,9,12,14,16,18,21H,6,8,10-11,13H2,1-4H3,(H,22,24)/t16-,18-/m0/s1. The lowest BCUT2D eigenvalue weighted by molar-refractivity contribution is -0.131. The van der Waals surface area contributed by atoms with Gasteiger partial charge < -0.3 is 15.0 Å². The van der Waals surface area contributed by atoms with Gasteiger partial charge >= 0.3 is 0 Å². The third-order valence-corrected chi connectivity index (χ3v) is 6.10. The van der Waals surface area contributed by atoms with Gasteiger partial charge in [0.05, 0.1) is 11.0 Å². The van der Waals surface area contributed by atoms with Crippen molar-refractivity contribution in [3.8, 4) is 0 Å². The molecule has 2 atom stereocenters. The van der Waals surface area contributed by atoms with Gasteiger partial charge in [0.15, 0.2) is 0 Å². The summed E-state index contributed by atoms with van der Waals surface area (Å²) in [5.74, 6) is -0.478. The lowest BCUT2D eigenvalue weighted by Crippen LogP contribution is -2.47. The fraction of sp³-hybridized carbons (Fsp3) is 0.600. The molecule has 0 bridgehead atoms. The molecule has 1 saturated heterocycles. The Balaban J connectivity index is 2.11. The quantitative estimate of drug-likeness (QED) is 0.622. The minimum absolute atomic E-state index is 0.00231. The fourth-order valence-electron chi connectivity index (χ4n) is 3.14. The van der Waals surface area contributed by atoms with Crippen molar-refractivity contribution in [3.63, 3.8) is 0 Å². The average molecular weight is 426 g/mol. The zero-order valence-corrected chi connectivity index (χ0v) is 18.3. The Labute approximate surface area is 173 Å². The lowest BCUT2D eigenvalue weighted by atomic mass is 10.0. The van der Waals surface area contributed by atoms with Gasteiger partial charge in [0.2, 0.25) is 15.9 Å². The van der Waals surface area contributed by atoms with Gasteiger partial charge in [-0.2, -0.15) is 0 Å². The predicted octanol–water partition coefficient (Wildman–Crippen LogP) is 1.38. The van der Waals surface area contributed by atoms with Crippen LogP contribution < -0.4 is 10.0 Å². The van der Waals surface area contributed by atoms with E-state index in [-0.39, 0.29) is 34.9 Å². The highest BCUT2D eigenvalue weighted by Gasteiger charge is 2.25. The SMILES string of the molecule is CC(C)C[C@H](NC(=O)c1cccc(S(=O)(=O)NC[C@@H]2CCCO2)c1)C(=O)N(C)C. The van der Waals surface area contributed by atoms with Crippen LogP contribution in [0.1, 0.15) is 43.5 Å². The first-order valence-electron chi connectivity index (χ1n) is 9.83. The minimum atomic E-state index is -3.77. The molecule has 0 spiro atoms. The van der Waals surface area contributed by atoms with Crippen molar-refractivity contribution in [3.05, 3.63) is 29.8 Å². The monoisotopic (exact) mass is 425 g/mol. The van der Waals surface area contributed by atoms with E-state index in [1.807, 2.05) is 13.8 Å². The van der Waals surface area contributed by atoms with Crippen LogP contribution in [0.3, 0.4) is 0 Å². The topological polar surface area (TPSA) is 105 Å². The van der Waals surface area contributed by atoms with Crippen LogP contribution in [-0.4, -0.2) is 64.5 Å². The Morgan fingerprint density at radius 3 is 2.59 bits per heavy atom. The van der Waals surface area contributed by atoms with Crippen LogP contribution in [0, 0.1) is 5.92 Å². The Morgan fingerprint density at radius 2 is 2.00 bits per heavy atom. The number of rotatable bonds is 9. The summed E-state index contributed by atoms with van der Waals surface area (Å²) in [5.41, 5.74) is 0.185. The van der Waals surface area contributed by atoms with Crippen molar-refractivity contribution in [1.29, 1.82) is 0 Å². The highest BCUT2D eigenvalue weighted by molar-refractivity contribution is 7.89. The second kappa shape index (κ2) is 10.2. The summed E-state index contributed by atoms with van der Waals surface area (Å²) < 4.78 is 33.1. The first-order chi connectivity index (χ1) is 13.6. The summed E-state index contributed by atoms with van der Waals surface area (Å²) in [5, 5.41) is 2.74. The average Bonchev–Trinajstić information content (AvgIpc) is 3.18. The Hall–Kier alpha value is -1.97. The van der Waals surface area contributed by atoms with Crippen LogP contribution in [0.25, 0.3) is 0 Å². The first-order valence-corrected chi connectivity index (χ1v) is 11.3. The van der Waals surface area contributed by atoms with Crippen molar-refractivity contribution in [2.24, 2.45) is 5.92 Å². The highest BCUT2D eigenvalue weighted by atomic mass is 32.2. The number of hydrogen-bond acceptors (Lipinski definition) is 5. The van der Waals surface area contributed by atoms with Crippen molar-refractivity contribution >= 4 is 21.8 Å². The maximum atomic E-state index is 12.7. The van der Waals surface area contributed by atoms with E-state index in [0.717, 1.165) is 12.8 Å². The number of hydrogen-bond donors (Lipinski definition) is 2. The number of nitrogens with one attached hydrogen (secondary N) is 2. The largest absolute Gasteiger partial charge is 0.377 e. The van der Waals surface area contributed by atoms with Gasteiger partial charge in [-0.15, -0.1) is 0 Å². The van der Waals surface area contributed by atoms with E-state index in [0.29, 0.717) is 13.0 Å². The number of likely N-dealkylation sites (N-methyl/N-ethyl adjacent to an activating group) is 1. The van der Waals surface area contributed by atoms with Gasteiger partial charge in [-0.25, -0.2) is 13.1 Å². The second-order valence-corrected chi connectivity index (χ2v) is 9.67. The molecule has 162 valence electrons. The molecule has 1 aromatic carbocycles. The highest BCUT2D eigenvalue weighted by Crippen LogP contribution is 2.15. The summed E-state index contributed by atoms with van der Waals surface area (Å²) in [7, 11) is -0.499. The zero-order chi connectivity index (χ0) is 21.6. The molecule has 2 amide bonds. The summed E-state index contributed by atoms with van der Waals surface area (Å²) in [4.78, 5) is 26.5. The van der Waals surface area contributed by atoms with Crippen molar-refractivity contribution in [1.82, 2.24) is 14.9 Å². The maximum Gasteiger partial charge on any atom is 0.251 e. The molecule has 0 radical (unpaired) electrons. The van der Waals surface area contributed by atoms with Crippen molar-refractivity contribution in [2.45, 2.75) is 50.2 Å². The number of carbonyl (C=O) groups is 2. The normalized spacial score (nSPS) is 17.9. The van der Waals surface area contributed by atoms with E-state index in [9.17, 15) is 18.0 Å². The number of benzene rings is 1. The van der Waals surface area contributed by atoms with Crippen LogP contribution in [-0.2, 0) is 19.6 Å². The molecule has 1 fully saturated rings. The van der Waals surface area contributed by atoms with Crippen LogP contribution >= 0.6 is 0 Å². The third-order valence-electron chi connectivity index (χ3n) is 4.68. The molecular formula is C20H31N3O5S. The second-order valence-electron chi connectivity index (χ2n) is 7.90. The number of ether oxygens (including phenoxy) is 1. The van der Waals surface area contributed by atoms with Gasteiger partial charge in [0.1, 0.15) is 6.04 Å². The van der Waals surface area contributed by atoms with Gasteiger partial charge in [-0.1, -0.05) is 19.9 Å². The molecule has 1 aromatic rings. The predicted molar refractivity (Wildman–Crippen MR) is 110 cm³/mol. The summed E-state index contributed by atoms with van der Waals surface area (Å²) in [6.07, 6.45) is 2.11. The van der Waals surface area contributed by atoms with E-state index in [2.05, 4.69) is 10.0 Å². The molecular weight excluding hydrogens is 394 g/mol. The Morgan fingerprint density at radius 1 is 1.28 bits per heavy atom. The Bertz CT molecular complexity index is 817. The van der Waals surface area contributed by atoms with E-state index in [4.69, 9.17) is 4.74 Å². The minimum Gasteiger partial charge on any atom is -0.377 e. The lowest BCUT2D eigenvalue weighted by Gasteiger charge is -2.23.